The second kappa shape index (κ2) is 9.07. The van der Waals surface area contributed by atoms with Gasteiger partial charge in [0.25, 0.3) is 0 Å². The van der Waals surface area contributed by atoms with E-state index in [9.17, 15) is 4.79 Å². The summed E-state index contributed by atoms with van der Waals surface area (Å²) in [6.07, 6.45) is 0.866. The fourth-order valence-corrected chi connectivity index (χ4v) is 3.73. The molecule has 0 unspecified atom stereocenters. The summed E-state index contributed by atoms with van der Waals surface area (Å²) in [5.41, 5.74) is 1.35. The summed E-state index contributed by atoms with van der Waals surface area (Å²) in [4.78, 5) is 14.2. The highest BCUT2D eigenvalue weighted by Gasteiger charge is 2.22. The highest BCUT2D eigenvalue weighted by atomic mass is 32.2. The predicted molar refractivity (Wildman–Crippen MR) is 87.6 cm³/mol. The van der Waals surface area contributed by atoms with Crippen LogP contribution >= 0.6 is 11.8 Å². The van der Waals surface area contributed by atoms with Gasteiger partial charge in [0.05, 0.1) is 6.54 Å². The smallest absolute Gasteiger partial charge is 0.234 e. The third-order valence-electron chi connectivity index (χ3n) is 3.54. The maximum atomic E-state index is 11.9. The SMILES string of the molecule is COCCCNC(=O)CN1CCS[C@@H](c2ccccc2)C1. The average molecular weight is 308 g/mol. The lowest BCUT2D eigenvalue weighted by Crippen LogP contribution is -2.42. The number of benzene rings is 1. The van der Waals surface area contributed by atoms with E-state index in [2.05, 4.69) is 34.5 Å². The first-order valence-corrected chi connectivity index (χ1v) is 8.49. The van der Waals surface area contributed by atoms with Crippen LogP contribution in [0.1, 0.15) is 17.2 Å². The molecule has 1 N–H and O–H groups in total. The van der Waals surface area contributed by atoms with E-state index in [4.69, 9.17) is 4.74 Å². The molecule has 0 radical (unpaired) electrons. The van der Waals surface area contributed by atoms with Gasteiger partial charge in [-0.05, 0) is 12.0 Å². The molecular formula is C16H24N2O2S. The Kier molecular flexibility index (Phi) is 7.06. The molecule has 1 aliphatic heterocycles. The maximum Gasteiger partial charge on any atom is 0.234 e. The van der Waals surface area contributed by atoms with E-state index >= 15 is 0 Å². The first-order valence-electron chi connectivity index (χ1n) is 7.44. The topological polar surface area (TPSA) is 41.6 Å². The minimum absolute atomic E-state index is 0.116. The normalized spacial score (nSPS) is 19.4. The Bertz CT molecular complexity index is 428. The van der Waals surface area contributed by atoms with Gasteiger partial charge in [-0.1, -0.05) is 30.3 Å². The fourth-order valence-electron chi connectivity index (χ4n) is 2.42. The van der Waals surface area contributed by atoms with Gasteiger partial charge in [-0.25, -0.2) is 0 Å². The Morgan fingerprint density at radius 3 is 3.00 bits per heavy atom. The summed E-state index contributed by atoms with van der Waals surface area (Å²) >= 11 is 1.98. The van der Waals surface area contributed by atoms with Crippen molar-refractivity contribution < 1.29 is 9.53 Å². The molecule has 1 aliphatic rings. The summed E-state index contributed by atoms with van der Waals surface area (Å²) in [5, 5.41) is 3.43. The Balaban J connectivity index is 1.75. The van der Waals surface area contributed by atoms with E-state index in [1.54, 1.807) is 7.11 Å². The van der Waals surface area contributed by atoms with Gasteiger partial charge in [0, 0.05) is 44.4 Å². The number of nitrogens with zero attached hydrogens (tertiary/aromatic N) is 1. The minimum atomic E-state index is 0.116. The Morgan fingerprint density at radius 1 is 1.43 bits per heavy atom. The van der Waals surface area contributed by atoms with Gasteiger partial charge in [0.15, 0.2) is 0 Å². The van der Waals surface area contributed by atoms with Crippen molar-refractivity contribution in [3.63, 3.8) is 0 Å². The van der Waals surface area contributed by atoms with E-state index in [1.165, 1.54) is 5.56 Å². The van der Waals surface area contributed by atoms with E-state index in [0.717, 1.165) is 25.3 Å². The van der Waals surface area contributed by atoms with Crippen LogP contribution in [0.3, 0.4) is 0 Å². The summed E-state index contributed by atoms with van der Waals surface area (Å²) in [6, 6.07) is 10.6. The van der Waals surface area contributed by atoms with Gasteiger partial charge in [0.1, 0.15) is 0 Å². The largest absolute Gasteiger partial charge is 0.385 e. The van der Waals surface area contributed by atoms with Crippen LogP contribution < -0.4 is 5.32 Å². The molecule has 1 atom stereocenters. The molecule has 21 heavy (non-hydrogen) atoms. The molecule has 1 aromatic rings. The van der Waals surface area contributed by atoms with Crippen LogP contribution in [-0.4, -0.2) is 56.5 Å². The van der Waals surface area contributed by atoms with Gasteiger partial charge in [0.2, 0.25) is 5.91 Å². The van der Waals surface area contributed by atoms with Crippen molar-refractivity contribution in [1.82, 2.24) is 10.2 Å². The van der Waals surface area contributed by atoms with Gasteiger partial charge in [-0.15, -0.1) is 0 Å². The zero-order valence-corrected chi connectivity index (χ0v) is 13.4. The Morgan fingerprint density at radius 2 is 2.24 bits per heavy atom. The molecule has 1 aromatic carbocycles. The number of rotatable bonds is 7. The van der Waals surface area contributed by atoms with E-state index in [0.29, 0.717) is 24.9 Å². The van der Waals surface area contributed by atoms with Gasteiger partial charge >= 0.3 is 0 Å². The molecule has 0 aromatic heterocycles. The Hall–Kier alpha value is -1.04. The first-order chi connectivity index (χ1) is 10.3. The number of hydrogen-bond donors (Lipinski definition) is 1. The fraction of sp³-hybridized carbons (Fsp3) is 0.562. The summed E-state index contributed by atoms with van der Waals surface area (Å²) in [6.45, 7) is 3.81. The molecule has 5 heteroatoms. The quantitative estimate of drug-likeness (QED) is 0.782. The second-order valence-corrected chi connectivity index (χ2v) is 6.51. The van der Waals surface area contributed by atoms with Gasteiger partial charge < -0.3 is 10.1 Å². The number of ether oxygens (including phenoxy) is 1. The molecule has 0 aliphatic carbocycles. The summed E-state index contributed by atoms with van der Waals surface area (Å²) in [7, 11) is 1.68. The van der Waals surface area contributed by atoms with Crippen LogP contribution in [-0.2, 0) is 9.53 Å². The number of carbonyl (C=O) groups is 1. The van der Waals surface area contributed by atoms with Crippen molar-refractivity contribution in [3.05, 3.63) is 35.9 Å². The molecule has 116 valence electrons. The zero-order valence-electron chi connectivity index (χ0n) is 12.6. The molecule has 2 rings (SSSR count). The number of carbonyl (C=O) groups excluding carboxylic acids is 1. The number of thioether (sulfide) groups is 1. The van der Waals surface area contributed by atoms with Crippen LogP contribution in [0.4, 0.5) is 0 Å². The molecule has 0 bridgehead atoms. The highest BCUT2D eigenvalue weighted by molar-refractivity contribution is 7.99. The molecular weight excluding hydrogens is 284 g/mol. The lowest BCUT2D eigenvalue weighted by Gasteiger charge is -2.32. The van der Waals surface area contributed by atoms with Crippen molar-refractivity contribution in [2.75, 3.05) is 45.6 Å². The third kappa shape index (κ3) is 5.69. The van der Waals surface area contributed by atoms with E-state index < -0.39 is 0 Å². The molecule has 1 amide bonds. The van der Waals surface area contributed by atoms with Crippen molar-refractivity contribution in [3.8, 4) is 0 Å². The number of nitrogens with one attached hydrogen (secondary N) is 1. The molecule has 4 nitrogen and oxygen atoms in total. The number of amides is 1. The Labute approximate surface area is 131 Å². The maximum absolute atomic E-state index is 11.9. The standard InChI is InChI=1S/C16H24N2O2S/c1-20-10-5-8-17-16(19)13-18-9-11-21-15(12-18)14-6-3-2-4-7-14/h2-4,6-7,15H,5,8-13H2,1H3,(H,17,19)/t15-/m1/s1. The van der Waals surface area contributed by atoms with Crippen LogP contribution in [0, 0.1) is 0 Å². The van der Waals surface area contributed by atoms with Crippen LogP contribution in [0.5, 0.6) is 0 Å². The van der Waals surface area contributed by atoms with Crippen molar-refractivity contribution in [2.45, 2.75) is 11.7 Å². The number of hydrogen-bond acceptors (Lipinski definition) is 4. The van der Waals surface area contributed by atoms with Gasteiger partial charge in [-0.3, -0.25) is 9.69 Å². The third-order valence-corrected chi connectivity index (χ3v) is 4.78. The van der Waals surface area contributed by atoms with Crippen LogP contribution in [0.2, 0.25) is 0 Å². The molecule has 0 saturated carbocycles. The molecule has 0 spiro atoms. The van der Waals surface area contributed by atoms with Crippen molar-refractivity contribution >= 4 is 17.7 Å². The summed E-state index contributed by atoms with van der Waals surface area (Å²) < 4.78 is 4.97. The van der Waals surface area contributed by atoms with Crippen LogP contribution in [0.25, 0.3) is 0 Å². The molecule has 1 heterocycles. The number of methoxy groups -OCH3 is 1. The average Bonchev–Trinajstić information content (AvgIpc) is 2.53. The molecule has 1 saturated heterocycles. The molecule has 1 fully saturated rings. The highest BCUT2D eigenvalue weighted by Crippen LogP contribution is 2.32. The van der Waals surface area contributed by atoms with Crippen LogP contribution in [0.15, 0.2) is 30.3 Å². The lowest BCUT2D eigenvalue weighted by atomic mass is 10.1. The second-order valence-electron chi connectivity index (χ2n) is 5.20. The summed E-state index contributed by atoms with van der Waals surface area (Å²) in [5.74, 6) is 1.20. The van der Waals surface area contributed by atoms with E-state index in [-0.39, 0.29) is 5.91 Å². The van der Waals surface area contributed by atoms with Gasteiger partial charge in [-0.2, -0.15) is 11.8 Å². The monoisotopic (exact) mass is 308 g/mol. The predicted octanol–water partition coefficient (Wildman–Crippen LogP) is 1.93. The minimum Gasteiger partial charge on any atom is -0.385 e. The van der Waals surface area contributed by atoms with E-state index in [1.807, 2.05) is 17.8 Å². The van der Waals surface area contributed by atoms with Crippen molar-refractivity contribution in [1.29, 1.82) is 0 Å². The first kappa shape index (κ1) is 16.3. The lowest BCUT2D eigenvalue weighted by molar-refractivity contribution is -0.122. The zero-order chi connectivity index (χ0) is 14.9. The van der Waals surface area contributed by atoms with Crippen molar-refractivity contribution in [2.24, 2.45) is 0 Å².